The lowest BCUT2D eigenvalue weighted by Gasteiger charge is -2.36. The minimum absolute atomic E-state index is 0.0601. The molecular weight excluding hydrogens is 238 g/mol. The average Bonchev–Trinajstić information content (AvgIpc) is 3.01. The molecule has 0 N–H and O–H groups in total. The standard InChI is InChI=1S/C9H16ClNO3S/c1-7-6-14-8(4-10)5-11(7)15(12,13)9-2-3-9/h7-9H,2-6H2,1H3. The van der Waals surface area contributed by atoms with Gasteiger partial charge in [0.05, 0.1) is 18.0 Å². The Labute approximate surface area is 95.6 Å². The Hall–Kier alpha value is 0.160. The van der Waals surface area contributed by atoms with Gasteiger partial charge < -0.3 is 4.74 Å². The van der Waals surface area contributed by atoms with E-state index < -0.39 is 10.0 Å². The van der Waals surface area contributed by atoms with E-state index in [-0.39, 0.29) is 17.4 Å². The Kier molecular flexibility index (Phi) is 3.26. The summed E-state index contributed by atoms with van der Waals surface area (Å²) in [5.41, 5.74) is 0. The molecule has 1 saturated carbocycles. The van der Waals surface area contributed by atoms with Gasteiger partial charge >= 0.3 is 0 Å². The van der Waals surface area contributed by atoms with E-state index in [0.29, 0.717) is 19.0 Å². The Morgan fingerprint density at radius 3 is 2.67 bits per heavy atom. The number of ether oxygens (including phenoxy) is 1. The molecule has 2 fully saturated rings. The monoisotopic (exact) mass is 253 g/mol. The van der Waals surface area contributed by atoms with Crippen LogP contribution >= 0.6 is 11.6 Å². The van der Waals surface area contributed by atoms with Crippen molar-refractivity contribution in [2.24, 2.45) is 0 Å². The van der Waals surface area contributed by atoms with Crippen LogP contribution in [0.3, 0.4) is 0 Å². The molecule has 2 unspecified atom stereocenters. The molecule has 0 aromatic carbocycles. The van der Waals surface area contributed by atoms with Crippen LogP contribution in [0, 0.1) is 0 Å². The summed E-state index contributed by atoms with van der Waals surface area (Å²) >= 11 is 5.69. The van der Waals surface area contributed by atoms with Crippen molar-refractivity contribution >= 4 is 21.6 Å². The lowest BCUT2D eigenvalue weighted by molar-refractivity contribution is -0.0152. The first-order valence-corrected chi connectivity index (χ1v) is 7.27. The molecule has 0 spiro atoms. The summed E-state index contributed by atoms with van der Waals surface area (Å²) in [5.74, 6) is 0.351. The lowest BCUT2D eigenvalue weighted by atomic mass is 10.2. The van der Waals surface area contributed by atoms with Gasteiger partial charge in [0.15, 0.2) is 0 Å². The predicted molar refractivity (Wildman–Crippen MR) is 58.6 cm³/mol. The summed E-state index contributed by atoms with van der Waals surface area (Å²) in [4.78, 5) is 0. The summed E-state index contributed by atoms with van der Waals surface area (Å²) < 4.78 is 31.1. The van der Waals surface area contributed by atoms with Gasteiger partial charge in [0.1, 0.15) is 0 Å². The number of nitrogens with zero attached hydrogens (tertiary/aromatic N) is 1. The first kappa shape index (κ1) is 11.6. The molecule has 0 aromatic heterocycles. The van der Waals surface area contributed by atoms with Gasteiger partial charge in [-0.1, -0.05) is 0 Å². The van der Waals surface area contributed by atoms with Gasteiger partial charge in [0.25, 0.3) is 0 Å². The average molecular weight is 254 g/mol. The number of hydrogen-bond donors (Lipinski definition) is 0. The van der Waals surface area contributed by atoms with Gasteiger partial charge in [0.2, 0.25) is 10.0 Å². The van der Waals surface area contributed by atoms with Crippen molar-refractivity contribution < 1.29 is 13.2 Å². The highest BCUT2D eigenvalue weighted by Crippen LogP contribution is 2.33. The number of alkyl halides is 1. The van der Waals surface area contributed by atoms with Gasteiger partial charge in [-0.15, -0.1) is 11.6 Å². The molecule has 1 heterocycles. The molecule has 0 radical (unpaired) electrons. The summed E-state index contributed by atoms with van der Waals surface area (Å²) in [6.07, 6.45) is 1.45. The molecule has 4 nitrogen and oxygen atoms in total. The third-order valence-corrected chi connectivity index (χ3v) is 5.71. The lowest BCUT2D eigenvalue weighted by Crippen LogP contribution is -2.52. The molecule has 1 saturated heterocycles. The number of sulfonamides is 1. The van der Waals surface area contributed by atoms with E-state index in [1.54, 1.807) is 4.31 Å². The normalized spacial score (nSPS) is 34.3. The largest absolute Gasteiger partial charge is 0.374 e. The highest BCUT2D eigenvalue weighted by Gasteiger charge is 2.44. The molecular formula is C9H16ClNO3S. The molecule has 2 aliphatic rings. The van der Waals surface area contributed by atoms with Crippen LogP contribution in [0.4, 0.5) is 0 Å². The SMILES string of the molecule is CC1COC(CCl)CN1S(=O)(=O)C1CC1. The first-order valence-electron chi connectivity index (χ1n) is 5.24. The van der Waals surface area contributed by atoms with Crippen molar-refractivity contribution in [1.82, 2.24) is 4.31 Å². The van der Waals surface area contributed by atoms with Crippen LogP contribution in [0.15, 0.2) is 0 Å². The van der Waals surface area contributed by atoms with E-state index in [1.807, 2.05) is 6.92 Å². The van der Waals surface area contributed by atoms with E-state index in [4.69, 9.17) is 16.3 Å². The summed E-state index contributed by atoms with van der Waals surface area (Å²) in [6, 6.07) is -0.0601. The van der Waals surface area contributed by atoms with E-state index in [0.717, 1.165) is 12.8 Å². The summed E-state index contributed by atoms with van der Waals surface area (Å²) in [5, 5.41) is -0.144. The van der Waals surface area contributed by atoms with Crippen LogP contribution in [0.5, 0.6) is 0 Å². The maximum absolute atomic E-state index is 12.0. The van der Waals surface area contributed by atoms with E-state index in [2.05, 4.69) is 0 Å². The van der Waals surface area contributed by atoms with Crippen LogP contribution < -0.4 is 0 Å². The molecule has 88 valence electrons. The maximum atomic E-state index is 12.0. The second-order valence-electron chi connectivity index (χ2n) is 4.27. The van der Waals surface area contributed by atoms with Crippen molar-refractivity contribution in [3.63, 3.8) is 0 Å². The van der Waals surface area contributed by atoms with Crippen molar-refractivity contribution in [1.29, 1.82) is 0 Å². The van der Waals surface area contributed by atoms with Crippen LogP contribution in [0.25, 0.3) is 0 Å². The maximum Gasteiger partial charge on any atom is 0.217 e. The first-order chi connectivity index (χ1) is 7.05. The fraction of sp³-hybridized carbons (Fsp3) is 1.00. The highest BCUT2D eigenvalue weighted by molar-refractivity contribution is 7.90. The smallest absolute Gasteiger partial charge is 0.217 e. The van der Waals surface area contributed by atoms with Crippen LogP contribution in [0.1, 0.15) is 19.8 Å². The third kappa shape index (κ3) is 2.30. The Balaban J connectivity index is 2.11. The fourth-order valence-corrected chi connectivity index (χ4v) is 4.04. The number of rotatable bonds is 3. The van der Waals surface area contributed by atoms with Crippen LogP contribution in [-0.2, 0) is 14.8 Å². The zero-order chi connectivity index (χ0) is 11.1. The minimum Gasteiger partial charge on any atom is -0.374 e. The molecule has 0 bridgehead atoms. The summed E-state index contributed by atoms with van der Waals surface area (Å²) in [7, 11) is -3.09. The van der Waals surface area contributed by atoms with Crippen molar-refractivity contribution in [3.8, 4) is 0 Å². The molecule has 2 rings (SSSR count). The fourth-order valence-electron chi connectivity index (χ4n) is 1.80. The second kappa shape index (κ2) is 4.20. The molecule has 1 aliphatic carbocycles. The Morgan fingerprint density at radius 1 is 1.47 bits per heavy atom. The highest BCUT2D eigenvalue weighted by atomic mass is 35.5. The molecule has 0 aromatic rings. The van der Waals surface area contributed by atoms with Gasteiger partial charge in [-0.05, 0) is 19.8 Å². The number of hydrogen-bond acceptors (Lipinski definition) is 3. The van der Waals surface area contributed by atoms with Gasteiger partial charge in [-0.3, -0.25) is 0 Å². The molecule has 2 atom stereocenters. The van der Waals surface area contributed by atoms with E-state index in [9.17, 15) is 8.42 Å². The molecule has 0 amide bonds. The molecule has 6 heteroatoms. The van der Waals surface area contributed by atoms with Crippen LogP contribution in [0.2, 0.25) is 0 Å². The zero-order valence-electron chi connectivity index (χ0n) is 8.73. The Bertz CT molecular complexity index is 328. The zero-order valence-corrected chi connectivity index (χ0v) is 10.3. The van der Waals surface area contributed by atoms with Gasteiger partial charge in [-0.2, -0.15) is 4.31 Å². The second-order valence-corrected chi connectivity index (χ2v) is 6.75. The number of halogens is 1. The van der Waals surface area contributed by atoms with Crippen molar-refractivity contribution in [2.75, 3.05) is 19.0 Å². The summed E-state index contributed by atoms with van der Waals surface area (Å²) in [6.45, 7) is 2.73. The van der Waals surface area contributed by atoms with Gasteiger partial charge in [0, 0.05) is 18.5 Å². The van der Waals surface area contributed by atoms with E-state index in [1.165, 1.54) is 0 Å². The van der Waals surface area contributed by atoms with Crippen molar-refractivity contribution in [3.05, 3.63) is 0 Å². The van der Waals surface area contributed by atoms with E-state index >= 15 is 0 Å². The predicted octanol–water partition coefficient (Wildman–Crippen LogP) is 0.807. The molecule has 15 heavy (non-hydrogen) atoms. The van der Waals surface area contributed by atoms with Crippen LogP contribution in [-0.4, -0.2) is 49.2 Å². The van der Waals surface area contributed by atoms with Gasteiger partial charge in [-0.25, -0.2) is 8.42 Å². The third-order valence-electron chi connectivity index (χ3n) is 2.89. The van der Waals surface area contributed by atoms with Crippen molar-refractivity contribution in [2.45, 2.75) is 37.2 Å². The minimum atomic E-state index is -3.09. The quantitative estimate of drug-likeness (QED) is 0.700. The Morgan fingerprint density at radius 2 is 2.13 bits per heavy atom. The molecule has 1 aliphatic heterocycles. The topological polar surface area (TPSA) is 46.6 Å². The number of morpholine rings is 1.